The number of ether oxygens (including phenoxy) is 3. The van der Waals surface area contributed by atoms with Crippen LogP contribution in [0.15, 0.2) is 46.9 Å². The maximum absolute atomic E-state index is 12.6. The monoisotopic (exact) mass is 411 g/mol. The van der Waals surface area contributed by atoms with E-state index in [9.17, 15) is 4.79 Å². The highest BCUT2D eigenvalue weighted by Gasteiger charge is 2.21. The number of rotatable bonds is 8. The van der Waals surface area contributed by atoms with Gasteiger partial charge in [0, 0.05) is 12.6 Å². The summed E-state index contributed by atoms with van der Waals surface area (Å²) in [7, 11) is 4.79. The number of aryl methyl sites for hydroxylation is 1. The van der Waals surface area contributed by atoms with E-state index in [0.29, 0.717) is 34.6 Å². The Morgan fingerprint density at radius 2 is 1.77 bits per heavy atom. The number of nitrogens with zero attached hydrogens (tertiary/aromatic N) is 3. The average molecular weight is 411 g/mol. The zero-order valence-corrected chi connectivity index (χ0v) is 17.7. The smallest absolute Gasteiger partial charge is 0.263 e. The Kier molecular flexibility index (Phi) is 6.56. The lowest BCUT2D eigenvalue weighted by molar-refractivity contribution is -0.137. The van der Waals surface area contributed by atoms with Crippen molar-refractivity contribution in [1.29, 1.82) is 0 Å². The second-order valence-electron chi connectivity index (χ2n) is 6.84. The molecule has 8 nitrogen and oxygen atoms in total. The Morgan fingerprint density at radius 1 is 1.07 bits per heavy atom. The summed E-state index contributed by atoms with van der Waals surface area (Å²) in [4.78, 5) is 14.1. The Balaban J connectivity index is 1.64. The number of carbonyl (C=O) groups excluding carboxylic acids is 1. The van der Waals surface area contributed by atoms with Crippen LogP contribution in [0.1, 0.15) is 18.4 Å². The molecule has 1 atom stereocenters. The highest BCUT2D eigenvalue weighted by atomic mass is 16.5. The number of amides is 1. The van der Waals surface area contributed by atoms with Gasteiger partial charge in [-0.05, 0) is 44.2 Å². The molecule has 8 heteroatoms. The molecule has 2 aromatic carbocycles. The van der Waals surface area contributed by atoms with Crippen molar-refractivity contribution < 1.29 is 23.4 Å². The van der Waals surface area contributed by atoms with Gasteiger partial charge < -0.3 is 23.5 Å². The van der Waals surface area contributed by atoms with Crippen LogP contribution >= 0.6 is 0 Å². The molecule has 0 saturated heterocycles. The lowest BCUT2D eigenvalue weighted by Crippen LogP contribution is -2.37. The molecule has 3 aromatic rings. The lowest BCUT2D eigenvalue weighted by Gasteiger charge is -2.20. The van der Waals surface area contributed by atoms with E-state index in [2.05, 4.69) is 10.2 Å². The topological polar surface area (TPSA) is 86.9 Å². The fourth-order valence-electron chi connectivity index (χ4n) is 2.87. The van der Waals surface area contributed by atoms with Crippen LogP contribution in [-0.4, -0.2) is 48.4 Å². The van der Waals surface area contributed by atoms with E-state index < -0.39 is 6.10 Å². The van der Waals surface area contributed by atoms with Crippen LogP contribution in [-0.2, 0) is 11.3 Å². The molecule has 0 saturated carbocycles. The molecule has 0 radical (unpaired) electrons. The average Bonchev–Trinajstić information content (AvgIpc) is 3.22. The summed E-state index contributed by atoms with van der Waals surface area (Å²) in [6, 6.07) is 12.9. The largest absolute Gasteiger partial charge is 0.493 e. The van der Waals surface area contributed by atoms with Crippen molar-refractivity contribution in [3.05, 3.63) is 53.9 Å². The highest BCUT2D eigenvalue weighted by Crippen LogP contribution is 2.31. The van der Waals surface area contributed by atoms with Crippen molar-refractivity contribution in [3.8, 4) is 28.7 Å². The van der Waals surface area contributed by atoms with Crippen LogP contribution < -0.4 is 14.2 Å². The minimum atomic E-state index is -0.647. The van der Waals surface area contributed by atoms with Crippen LogP contribution in [0.5, 0.6) is 17.2 Å². The van der Waals surface area contributed by atoms with E-state index in [4.69, 9.17) is 18.6 Å². The van der Waals surface area contributed by atoms with Gasteiger partial charge in [0.2, 0.25) is 11.8 Å². The van der Waals surface area contributed by atoms with Crippen LogP contribution in [0.3, 0.4) is 0 Å². The number of likely N-dealkylation sites (N-methyl/N-ethyl adjacent to an activating group) is 1. The first kappa shape index (κ1) is 21.2. The molecule has 0 aliphatic heterocycles. The molecule has 0 unspecified atom stereocenters. The molecule has 1 aromatic heterocycles. The fraction of sp³-hybridized carbons (Fsp3) is 0.318. The number of hydrogen-bond acceptors (Lipinski definition) is 7. The zero-order chi connectivity index (χ0) is 21.7. The molecule has 0 fully saturated rings. The van der Waals surface area contributed by atoms with E-state index in [0.717, 1.165) is 5.56 Å². The summed E-state index contributed by atoms with van der Waals surface area (Å²) in [6.45, 7) is 3.87. The number of methoxy groups -OCH3 is 2. The van der Waals surface area contributed by atoms with Gasteiger partial charge in [0.15, 0.2) is 17.6 Å². The molecule has 158 valence electrons. The molecule has 3 rings (SSSR count). The Bertz CT molecular complexity index is 1000. The van der Waals surface area contributed by atoms with E-state index in [-0.39, 0.29) is 12.5 Å². The molecular weight excluding hydrogens is 386 g/mol. The molecule has 1 amide bonds. The SMILES string of the molecule is COc1ccc(-c2nnc(CN(C)C(=O)[C@H](C)Oc3ccc(C)cc3)o2)cc1OC. The standard InChI is InChI=1S/C22H25N3O5/c1-14-6-9-17(10-7-14)29-15(2)22(26)25(3)13-20-23-24-21(30-20)16-8-11-18(27-4)19(12-16)28-5/h6-12,15H,13H2,1-5H3/t15-/m0/s1. The third-order valence-electron chi connectivity index (χ3n) is 4.53. The summed E-state index contributed by atoms with van der Waals surface area (Å²) in [5.74, 6) is 2.26. The van der Waals surface area contributed by atoms with Gasteiger partial charge in [-0.25, -0.2) is 0 Å². The first-order valence-electron chi connectivity index (χ1n) is 9.44. The fourth-order valence-corrected chi connectivity index (χ4v) is 2.87. The zero-order valence-electron chi connectivity index (χ0n) is 17.7. The van der Waals surface area contributed by atoms with Gasteiger partial charge in [0.1, 0.15) is 5.75 Å². The Morgan fingerprint density at radius 3 is 2.43 bits per heavy atom. The number of benzene rings is 2. The van der Waals surface area contributed by atoms with Crippen molar-refractivity contribution in [2.75, 3.05) is 21.3 Å². The first-order valence-corrected chi connectivity index (χ1v) is 9.44. The van der Waals surface area contributed by atoms with E-state index >= 15 is 0 Å². The Labute approximate surface area is 175 Å². The van der Waals surface area contributed by atoms with Gasteiger partial charge in [-0.3, -0.25) is 4.79 Å². The molecule has 1 heterocycles. The third-order valence-corrected chi connectivity index (χ3v) is 4.53. The third kappa shape index (κ3) is 4.89. The number of aromatic nitrogens is 2. The van der Waals surface area contributed by atoms with Crippen molar-refractivity contribution >= 4 is 5.91 Å². The minimum Gasteiger partial charge on any atom is -0.493 e. The number of carbonyl (C=O) groups is 1. The highest BCUT2D eigenvalue weighted by molar-refractivity contribution is 5.80. The predicted octanol–water partition coefficient (Wildman–Crippen LogP) is 3.49. The molecule has 30 heavy (non-hydrogen) atoms. The van der Waals surface area contributed by atoms with Crippen molar-refractivity contribution in [2.45, 2.75) is 26.5 Å². The summed E-state index contributed by atoms with van der Waals surface area (Å²) in [5.41, 5.74) is 1.82. The molecule has 0 bridgehead atoms. The normalized spacial score (nSPS) is 11.6. The molecule has 0 aliphatic carbocycles. The van der Waals surface area contributed by atoms with Crippen molar-refractivity contribution in [3.63, 3.8) is 0 Å². The van der Waals surface area contributed by atoms with Gasteiger partial charge in [0.25, 0.3) is 5.91 Å². The second kappa shape index (κ2) is 9.30. The van der Waals surface area contributed by atoms with Gasteiger partial charge in [-0.15, -0.1) is 10.2 Å². The Hall–Kier alpha value is -3.55. The molecule has 0 N–H and O–H groups in total. The maximum atomic E-state index is 12.6. The second-order valence-corrected chi connectivity index (χ2v) is 6.84. The molecule has 0 spiro atoms. The van der Waals surface area contributed by atoms with E-state index in [1.807, 2.05) is 31.2 Å². The summed E-state index contributed by atoms with van der Waals surface area (Å²) in [6.07, 6.45) is -0.647. The van der Waals surface area contributed by atoms with E-state index in [1.165, 1.54) is 4.90 Å². The lowest BCUT2D eigenvalue weighted by atomic mass is 10.2. The predicted molar refractivity (Wildman–Crippen MR) is 111 cm³/mol. The van der Waals surface area contributed by atoms with Crippen molar-refractivity contribution in [1.82, 2.24) is 15.1 Å². The van der Waals surface area contributed by atoms with Gasteiger partial charge >= 0.3 is 0 Å². The quantitative estimate of drug-likeness (QED) is 0.561. The summed E-state index contributed by atoms with van der Waals surface area (Å²) in [5, 5.41) is 8.11. The first-order chi connectivity index (χ1) is 14.4. The number of hydrogen-bond donors (Lipinski definition) is 0. The van der Waals surface area contributed by atoms with Crippen LogP contribution in [0.25, 0.3) is 11.5 Å². The van der Waals surface area contributed by atoms with Gasteiger partial charge in [-0.2, -0.15) is 0 Å². The molecular formula is C22H25N3O5. The summed E-state index contributed by atoms with van der Waals surface area (Å²) >= 11 is 0. The minimum absolute atomic E-state index is 0.167. The van der Waals surface area contributed by atoms with E-state index in [1.54, 1.807) is 46.4 Å². The van der Waals surface area contributed by atoms with Crippen molar-refractivity contribution in [2.24, 2.45) is 0 Å². The van der Waals surface area contributed by atoms with Gasteiger partial charge in [0.05, 0.1) is 20.8 Å². The summed E-state index contributed by atoms with van der Waals surface area (Å²) < 4.78 is 22.0. The van der Waals surface area contributed by atoms with Gasteiger partial charge in [-0.1, -0.05) is 17.7 Å². The van der Waals surface area contributed by atoms with Crippen LogP contribution in [0.4, 0.5) is 0 Å². The van der Waals surface area contributed by atoms with Crippen LogP contribution in [0, 0.1) is 6.92 Å². The maximum Gasteiger partial charge on any atom is 0.263 e. The van der Waals surface area contributed by atoms with Crippen LogP contribution in [0.2, 0.25) is 0 Å². The molecule has 0 aliphatic rings.